The first-order chi connectivity index (χ1) is 17.4. The summed E-state index contributed by atoms with van der Waals surface area (Å²) in [5.41, 5.74) is 3.66. The van der Waals surface area contributed by atoms with E-state index in [0.717, 1.165) is 43.0 Å². The Kier molecular flexibility index (Phi) is 7.84. The SMILES string of the molecule is CCN1CC(C(=O)C=Cc2cc(OC)c(OC)c(OC)c2)=Cc2cc(F)c(N3CCN(C)CC3)cc21. The van der Waals surface area contributed by atoms with Gasteiger partial charge >= 0.3 is 0 Å². The fourth-order valence-corrected chi connectivity index (χ4v) is 4.68. The van der Waals surface area contributed by atoms with E-state index in [1.165, 1.54) is 6.08 Å². The first-order valence-electron chi connectivity index (χ1n) is 12.1. The van der Waals surface area contributed by atoms with Crippen molar-refractivity contribution in [3.05, 3.63) is 52.9 Å². The van der Waals surface area contributed by atoms with Gasteiger partial charge in [-0.1, -0.05) is 6.08 Å². The lowest BCUT2D eigenvalue weighted by Crippen LogP contribution is -2.45. The fraction of sp³-hybridized carbons (Fsp3) is 0.393. The molecule has 2 aromatic rings. The van der Waals surface area contributed by atoms with Gasteiger partial charge in [-0.15, -0.1) is 0 Å². The minimum absolute atomic E-state index is 0.128. The van der Waals surface area contributed by atoms with E-state index in [2.05, 4.69) is 21.7 Å². The molecule has 0 atom stereocenters. The number of likely N-dealkylation sites (N-methyl/N-ethyl adjacent to an activating group) is 2. The van der Waals surface area contributed by atoms with Gasteiger partial charge in [-0.3, -0.25) is 4.79 Å². The van der Waals surface area contributed by atoms with Gasteiger partial charge in [0, 0.05) is 56.1 Å². The molecule has 1 saturated heterocycles. The number of carbonyl (C=O) groups is 1. The Balaban J connectivity index is 1.60. The third-order valence-corrected chi connectivity index (χ3v) is 6.78. The van der Waals surface area contributed by atoms with Crippen LogP contribution in [-0.2, 0) is 4.79 Å². The van der Waals surface area contributed by atoms with Crippen LogP contribution >= 0.6 is 0 Å². The van der Waals surface area contributed by atoms with E-state index < -0.39 is 0 Å². The Labute approximate surface area is 212 Å². The second-order valence-electron chi connectivity index (χ2n) is 8.99. The molecule has 4 rings (SSSR count). The van der Waals surface area contributed by atoms with Crippen molar-refractivity contribution in [3.8, 4) is 17.2 Å². The quantitative estimate of drug-likeness (QED) is 0.511. The van der Waals surface area contributed by atoms with Crippen LogP contribution in [0.2, 0.25) is 0 Å². The van der Waals surface area contributed by atoms with Crippen molar-refractivity contribution in [2.75, 3.05) is 77.4 Å². The number of fused-ring (bicyclic) bond motifs is 1. The number of anilines is 2. The maximum Gasteiger partial charge on any atom is 0.203 e. The van der Waals surface area contributed by atoms with Gasteiger partial charge in [-0.25, -0.2) is 4.39 Å². The molecule has 8 heteroatoms. The molecule has 7 nitrogen and oxygen atoms in total. The number of rotatable bonds is 8. The zero-order valence-electron chi connectivity index (χ0n) is 21.6. The van der Waals surface area contributed by atoms with Gasteiger partial charge in [-0.2, -0.15) is 0 Å². The molecule has 0 aromatic heterocycles. The summed E-state index contributed by atoms with van der Waals surface area (Å²) in [5.74, 6) is 1.13. The lowest BCUT2D eigenvalue weighted by molar-refractivity contribution is -0.111. The number of halogens is 1. The van der Waals surface area contributed by atoms with E-state index in [0.29, 0.717) is 41.6 Å². The monoisotopic (exact) mass is 495 g/mol. The van der Waals surface area contributed by atoms with Crippen molar-refractivity contribution >= 4 is 29.3 Å². The first kappa shape index (κ1) is 25.6. The predicted molar refractivity (Wildman–Crippen MR) is 142 cm³/mol. The minimum Gasteiger partial charge on any atom is -0.493 e. The third kappa shape index (κ3) is 5.18. The highest BCUT2D eigenvalue weighted by molar-refractivity contribution is 6.11. The topological polar surface area (TPSA) is 54.5 Å². The van der Waals surface area contributed by atoms with Crippen LogP contribution < -0.4 is 24.0 Å². The highest BCUT2D eigenvalue weighted by Gasteiger charge is 2.25. The molecule has 0 N–H and O–H groups in total. The lowest BCUT2D eigenvalue weighted by Gasteiger charge is -2.36. The summed E-state index contributed by atoms with van der Waals surface area (Å²) >= 11 is 0. The van der Waals surface area contributed by atoms with E-state index in [1.54, 1.807) is 51.7 Å². The third-order valence-electron chi connectivity index (χ3n) is 6.78. The summed E-state index contributed by atoms with van der Waals surface area (Å²) in [4.78, 5) is 19.6. The Bertz CT molecular complexity index is 1160. The first-order valence-corrected chi connectivity index (χ1v) is 12.1. The van der Waals surface area contributed by atoms with Crippen LogP contribution in [0, 0.1) is 5.82 Å². The van der Waals surface area contributed by atoms with Crippen LogP contribution in [0.25, 0.3) is 12.2 Å². The van der Waals surface area contributed by atoms with Crippen molar-refractivity contribution in [1.82, 2.24) is 4.90 Å². The highest BCUT2D eigenvalue weighted by Crippen LogP contribution is 2.39. The molecular formula is C28H34FN3O4. The van der Waals surface area contributed by atoms with Crippen molar-refractivity contribution in [1.29, 1.82) is 0 Å². The highest BCUT2D eigenvalue weighted by atomic mass is 19.1. The zero-order valence-corrected chi connectivity index (χ0v) is 21.6. The Hall–Kier alpha value is -3.52. The molecule has 2 aliphatic heterocycles. The van der Waals surface area contributed by atoms with Crippen LogP contribution in [0.5, 0.6) is 17.2 Å². The molecule has 0 radical (unpaired) electrons. The van der Waals surface area contributed by atoms with Crippen LogP contribution in [-0.4, -0.2) is 78.3 Å². The molecule has 0 spiro atoms. The zero-order chi connectivity index (χ0) is 25.8. The number of allylic oxidation sites excluding steroid dienone is 1. The lowest BCUT2D eigenvalue weighted by atomic mass is 9.98. The number of benzene rings is 2. The van der Waals surface area contributed by atoms with Crippen LogP contribution in [0.4, 0.5) is 15.8 Å². The summed E-state index contributed by atoms with van der Waals surface area (Å²) in [6, 6.07) is 7.05. The second kappa shape index (κ2) is 11.0. The van der Waals surface area contributed by atoms with E-state index in [1.807, 2.05) is 13.0 Å². The molecular weight excluding hydrogens is 461 g/mol. The van der Waals surface area contributed by atoms with Crippen LogP contribution in [0.15, 0.2) is 35.9 Å². The van der Waals surface area contributed by atoms with Crippen molar-refractivity contribution in [2.45, 2.75) is 6.92 Å². The van der Waals surface area contributed by atoms with Gasteiger partial charge in [0.25, 0.3) is 0 Å². The van der Waals surface area contributed by atoms with Gasteiger partial charge < -0.3 is 28.9 Å². The number of hydrogen-bond donors (Lipinski definition) is 0. The van der Waals surface area contributed by atoms with Crippen molar-refractivity contribution in [2.24, 2.45) is 0 Å². The smallest absolute Gasteiger partial charge is 0.203 e. The number of hydrogen-bond acceptors (Lipinski definition) is 7. The largest absolute Gasteiger partial charge is 0.493 e. The molecule has 2 heterocycles. The molecule has 0 aliphatic carbocycles. The molecule has 0 bridgehead atoms. The molecule has 1 fully saturated rings. The fourth-order valence-electron chi connectivity index (χ4n) is 4.68. The van der Waals surface area contributed by atoms with E-state index in [4.69, 9.17) is 14.2 Å². The maximum atomic E-state index is 15.2. The Morgan fingerprint density at radius 3 is 2.22 bits per heavy atom. The van der Waals surface area contributed by atoms with Crippen LogP contribution in [0.1, 0.15) is 18.1 Å². The number of methoxy groups -OCH3 is 3. The number of carbonyl (C=O) groups excluding carboxylic acids is 1. The van der Waals surface area contributed by atoms with Crippen molar-refractivity contribution < 1.29 is 23.4 Å². The average molecular weight is 496 g/mol. The minimum atomic E-state index is -0.257. The maximum absolute atomic E-state index is 15.2. The summed E-state index contributed by atoms with van der Waals surface area (Å²) in [7, 11) is 6.73. The van der Waals surface area contributed by atoms with E-state index >= 15 is 4.39 Å². The molecule has 2 aliphatic rings. The molecule has 36 heavy (non-hydrogen) atoms. The summed E-state index contributed by atoms with van der Waals surface area (Å²) < 4.78 is 31.3. The number of piperazine rings is 1. The summed E-state index contributed by atoms with van der Waals surface area (Å²) in [6.07, 6.45) is 5.05. The van der Waals surface area contributed by atoms with Gasteiger partial charge in [0.2, 0.25) is 5.75 Å². The standard InChI is InChI=1S/C28H34FN3O4/c1-6-31-18-21(25(33)8-7-19-13-26(34-3)28(36-5)27(14-19)35-4)15-20-16-22(29)24(17-23(20)31)32-11-9-30(2)10-12-32/h7-8,13-17H,6,9-12,18H2,1-5H3. The van der Waals surface area contributed by atoms with Gasteiger partial charge in [0.15, 0.2) is 17.3 Å². The van der Waals surface area contributed by atoms with Crippen molar-refractivity contribution in [3.63, 3.8) is 0 Å². The normalized spacial score (nSPS) is 16.1. The number of nitrogens with zero attached hydrogens (tertiary/aromatic N) is 3. The number of ether oxygens (including phenoxy) is 3. The van der Waals surface area contributed by atoms with Gasteiger partial charge in [0.1, 0.15) is 5.82 Å². The van der Waals surface area contributed by atoms with Gasteiger partial charge in [-0.05, 0) is 56.0 Å². The summed E-state index contributed by atoms with van der Waals surface area (Å²) in [6.45, 7) is 6.63. The molecule has 0 unspecified atom stereocenters. The molecule has 0 amide bonds. The molecule has 192 valence electrons. The van der Waals surface area contributed by atoms with Crippen LogP contribution in [0.3, 0.4) is 0 Å². The van der Waals surface area contributed by atoms with Gasteiger partial charge in [0.05, 0.1) is 27.0 Å². The molecule has 2 aromatic carbocycles. The average Bonchev–Trinajstić information content (AvgIpc) is 2.90. The number of ketones is 1. The summed E-state index contributed by atoms with van der Waals surface area (Å²) in [5, 5.41) is 0. The van der Waals surface area contributed by atoms with E-state index in [-0.39, 0.29) is 11.6 Å². The Morgan fingerprint density at radius 1 is 0.972 bits per heavy atom. The predicted octanol–water partition coefficient (Wildman–Crippen LogP) is 4.11. The second-order valence-corrected chi connectivity index (χ2v) is 8.99. The van der Waals surface area contributed by atoms with E-state index in [9.17, 15) is 4.79 Å². The Morgan fingerprint density at radius 2 is 1.64 bits per heavy atom. The molecule has 0 saturated carbocycles.